The Labute approximate surface area is 105 Å². The fourth-order valence-electron chi connectivity index (χ4n) is 3.12. The molecule has 1 aromatic carbocycles. The van der Waals surface area contributed by atoms with Gasteiger partial charge in [-0.05, 0) is 37.2 Å². The minimum Gasteiger partial charge on any atom is -0.307 e. The Bertz CT molecular complexity index is 336. The van der Waals surface area contributed by atoms with Crippen LogP contribution < -0.4 is 5.32 Å². The summed E-state index contributed by atoms with van der Waals surface area (Å²) in [5.74, 6) is 0.902. The van der Waals surface area contributed by atoms with Crippen molar-refractivity contribution in [3.8, 4) is 0 Å². The second-order valence-electron chi connectivity index (χ2n) is 5.73. The first kappa shape index (κ1) is 11.3. The quantitative estimate of drug-likeness (QED) is 0.821. The third-order valence-electron chi connectivity index (χ3n) is 4.27. The summed E-state index contributed by atoms with van der Waals surface area (Å²) in [6, 6.07) is 12.4. The van der Waals surface area contributed by atoms with Crippen molar-refractivity contribution >= 4 is 0 Å². The van der Waals surface area contributed by atoms with Gasteiger partial charge in [-0.2, -0.15) is 0 Å². The molecular weight excluding hydrogens is 206 g/mol. The zero-order chi connectivity index (χ0) is 11.5. The van der Waals surface area contributed by atoms with E-state index < -0.39 is 0 Å². The van der Waals surface area contributed by atoms with E-state index in [0.29, 0.717) is 6.04 Å². The molecule has 17 heavy (non-hydrogen) atoms. The lowest BCUT2D eigenvalue weighted by molar-refractivity contribution is 0.323. The van der Waals surface area contributed by atoms with Crippen LogP contribution in [0.25, 0.3) is 0 Å². The zero-order valence-corrected chi connectivity index (χ0v) is 10.6. The SMILES string of the molecule is c1ccc(C(NC2CCCCC2)C2CC2)cc1. The monoisotopic (exact) mass is 229 g/mol. The molecule has 2 aliphatic carbocycles. The molecule has 2 aliphatic rings. The van der Waals surface area contributed by atoms with Crippen LogP contribution in [0.5, 0.6) is 0 Å². The van der Waals surface area contributed by atoms with Crippen LogP contribution in [0.4, 0.5) is 0 Å². The van der Waals surface area contributed by atoms with Gasteiger partial charge >= 0.3 is 0 Å². The van der Waals surface area contributed by atoms with Crippen LogP contribution in [-0.2, 0) is 0 Å². The Morgan fingerprint density at radius 2 is 1.59 bits per heavy atom. The van der Waals surface area contributed by atoms with Crippen LogP contribution >= 0.6 is 0 Å². The molecule has 0 radical (unpaired) electrons. The Morgan fingerprint density at radius 3 is 2.24 bits per heavy atom. The van der Waals surface area contributed by atoms with Gasteiger partial charge in [-0.25, -0.2) is 0 Å². The number of nitrogens with one attached hydrogen (secondary N) is 1. The van der Waals surface area contributed by atoms with E-state index in [4.69, 9.17) is 0 Å². The Hall–Kier alpha value is -0.820. The summed E-state index contributed by atoms with van der Waals surface area (Å²) in [4.78, 5) is 0. The van der Waals surface area contributed by atoms with Crippen molar-refractivity contribution in [3.05, 3.63) is 35.9 Å². The third kappa shape index (κ3) is 2.90. The maximum atomic E-state index is 3.93. The van der Waals surface area contributed by atoms with Gasteiger partial charge in [-0.15, -0.1) is 0 Å². The second kappa shape index (κ2) is 5.22. The molecular formula is C16H23N. The van der Waals surface area contributed by atoms with E-state index in [2.05, 4.69) is 35.6 Å². The van der Waals surface area contributed by atoms with Gasteiger partial charge in [0.05, 0.1) is 0 Å². The van der Waals surface area contributed by atoms with E-state index in [1.807, 2.05) is 0 Å². The standard InChI is InChI=1S/C16H23N/c1-3-7-13(8-4-1)16(14-11-12-14)17-15-9-5-2-6-10-15/h1,3-4,7-8,14-17H,2,5-6,9-12H2. The van der Waals surface area contributed by atoms with Crippen LogP contribution in [0.3, 0.4) is 0 Å². The minimum absolute atomic E-state index is 0.624. The highest BCUT2D eigenvalue weighted by Gasteiger charge is 2.33. The largest absolute Gasteiger partial charge is 0.307 e. The fourth-order valence-corrected chi connectivity index (χ4v) is 3.12. The van der Waals surface area contributed by atoms with Gasteiger partial charge in [0.1, 0.15) is 0 Å². The molecule has 0 spiro atoms. The molecule has 0 heterocycles. The molecule has 1 heteroatoms. The highest BCUT2D eigenvalue weighted by Crippen LogP contribution is 2.41. The van der Waals surface area contributed by atoms with Crippen LogP contribution in [-0.4, -0.2) is 6.04 Å². The topological polar surface area (TPSA) is 12.0 Å². The van der Waals surface area contributed by atoms with Crippen LogP contribution in [0, 0.1) is 5.92 Å². The summed E-state index contributed by atoms with van der Waals surface area (Å²) in [6.07, 6.45) is 9.88. The third-order valence-corrected chi connectivity index (χ3v) is 4.27. The van der Waals surface area contributed by atoms with Gasteiger partial charge in [0, 0.05) is 12.1 Å². The molecule has 3 rings (SSSR count). The molecule has 0 amide bonds. The number of benzene rings is 1. The molecule has 1 aromatic rings. The van der Waals surface area contributed by atoms with Crippen LogP contribution in [0.15, 0.2) is 30.3 Å². The zero-order valence-electron chi connectivity index (χ0n) is 10.6. The maximum Gasteiger partial charge on any atom is 0.0351 e. The van der Waals surface area contributed by atoms with Crippen molar-refractivity contribution in [2.75, 3.05) is 0 Å². The summed E-state index contributed by atoms with van der Waals surface area (Å²) in [7, 11) is 0. The van der Waals surface area contributed by atoms with Crippen LogP contribution in [0.1, 0.15) is 56.6 Å². The summed E-state index contributed by atoms with van der Waals surface area (Å²) in [6.45, 7) is 0. The van der Waals surface area contributed by atoms with Gasteiger partial charge < -0.3 is 5.32 Å². The summed E-state index contributed by atoms with van der Waals surface area (Å²) >= 11 is 0. The van der Waals surface area contributed by atoms with E-state index >= 15 is 0 Å². The van der Waals surface area contributed by atoms with E-state index in [9.17, 15) is 0 Å². The summed E-state index contributed by atoms with van der Waals surface area (Å²) < 4.78 is 0. The van der Waals surface area contributed by atoms with E-state index in [1.54, 1.807) is 0 Å². The molecule has 1 nitrogen and oxygen atoms in total. The molecule has 2 fully saturated rings. The maximum absolute atomic E-state index is 3.93. The van der Waals surface area contributed by atoms with Crippen molar-refractivity contribution in [3.63, 3.8) is 0 Å². The molecule has 0 aliphatic heterocycles. The average molecular weight is 229 g/mol. The first-order valence-electron chi connectivity index (χ1n) is 7.24. The smallest absolute Gasteiger partial charge is 0.0351 e. The number of hydrogen-bond acceptors (Lipinski definition) is 1. The highest BCUT2D eigenvalue weighted by molar-refractivity contribution is 5.21. The molecule has 92 valence electrons. The Morgan fingerprint density at radius 1 is 0.882 bits per heavy atom. The highest BCUT2D eigenvalue weighted by atomic mass is 15.0. The van der Waals surface area contributed by atoms with E-state index in [1.165, 1.54) is 50.5 Å². The number of rotatable bonds is 4. The van der Waals surface area contributed by atoms with Gasteiger partial charge in [-0.3, -0.25) is 0 Å². The molecule has 0 saturated heterocycles. The second-order valence-corrected chi connectivity index (χ2v) is 5.73. The normalized spacial score (nSPS) is 23.5. The van der Waals surface area contributed by atoms with E-state index in [0.717, 1.165) is 12.0 Å². The minimum atomic E-state index is 0.624. The predicted octanol–water partition coefficient (Wildman–Crippen LogP) is 4.06. The molecule has 1 unspecified atom stereocenters. The van der Waals surface area contributed by atoms with Crippen molar-refractivity contribution < 1.29 is 0 Å². The van der Waals surface area contributed by atoms with Gasteiger partial charge in [0.15, 0.2) is 0 Å². The first-order chi connectivity index (χ1) is 8.43. The first-order valence-corrected chi connectivity index (χ1v) is 7.24. The van der Waals surface area contributed by atoms with Gasteiger partial charge in [0.2, 0.25) is 0 Å². The van der Waals surface area contributed by atoms with E-state index in [-0.39, 0.29) is 0 Å². The molecule has 1 N–H and O–H groups in total. The molecule has 1 atom stereocenters. The Balaban J connectivity index is 1.67. The van der Waals surface area contributed by atoms with Crippen molar-refractivity contribution in [1.82, 2.24) is 5.32 Å². The Kier molecular flexibility index (Phi) is 3.46. The molecule has 0 aromatic heterocycles. The predicted molar refractivity (Wildman–Crippen MR) is 71.9 cm³/mol. The van der Waals surface area contributed by atoms with Crippen molar-refractivity contribution in [2.45, 2.75) is 57.0 Å². The van der Waals surface area contributed by atoms with Gasteiger partial charge in [0.25, 0.3) is 0 Å². The average Bonchev–Trinajstić information content (AvgIpc) is 3.23. The fraction of sp³-hybridized carbons (Fsp3) is 0.625. The lowest BCUT2D eigenvalue weighted by atomic mass is 9.93. The number of hydrogen-bond donors (Lipinski definition) is 1. The lowest BCUT2D eigenvalue weighted by Crippen LogP contribution is -2.35. The van der Waals surface area contributed by atoms with Gasteiger partial charge in [-0.1, -0.05) is 49.6 Å². The summed E-state index contributed by atoms with van der Waals surface area (Å²) in [5, 5.41) is 3.93. The molecule has 2 saturated carbocycles. The lowest BCUT2D eigenvalue weighted by Gasteiger charge is -2.29. The van der Waals surface area contributed by atoms with Crippen molar-refractivity contribution in [2.24, 2.45) is 5.92 Å². The van der Waals surface area contributed by atoms with Crippen LogP contribution in [0.2, 0.25) is 0 Å². The summed E-state index contributed by atoms with van der Waals surface area (Å²) in [5.41, 5.74) is 1.50. The molecule has 0 bridgehead atoms. The van der Waals surface area contributed by atoms with Crippen molar-refractivity contribution in [1.29, 1.82) is 0 Å².